The average Bonchev–Trinajstić information content (AvgIpc) is 2.98. The second-order valence-corrected chi connectivity index (χ2v) is 5.01. The second-order valence-electron chi connectivity index (χ2n) is 5.01. The van der Waals surface area contributed by atoms with Crippen LogP contribution in [0.15, 0.2) is 18.2 Å². The number of nitro groups is 1. The van der Waals surface area contributed by atoms with Crippen molar-refractivity contribution >= 4 is 11.7 Å². The highest BCUT2D eigenvalue weighted by atomic mass is 16.6. The molecule has 1 aromatic heterocycles. The lowest BCUT2D eigenvalue weighted by molar-refractivity contribution is -0.385. The summed E-state index contributed by atoms with van der Waals surface area (Å²) in [5, 5.41) is 22.1. The Balaban J connectivity index is 2.04. The molecule has 1 heterocycles. The molecule has 122 valence electrons. The Hall–Kier alpha value is -2.84. The van der Waals surface area contributed by atoms with Crippen LogP contribution in [0.4, 0.5) is 5.69 Å². The summed E-state index contributed by atoms with van der Waals surface area (Å²) in [5.41, 5.74) is 0.483. The predicted molar refractivity (Wildman–Crippen MR) is 79.7 cm³/mol. The third-order valence-electron chi connectivity index (χ3n) is 3.30. The summed E-state index contributed by atoms with van der Waals surface area (Å²) in [6, 6.07) is 4.21. The summed E-state index contributed by atoms with van der Waals surface area (Å²) in [6.07, 6.45) is 1.91. The lowest BCUT2D eigenvalue weighted by Crippen LogP contribution is -2.11. The van der Waals surface area contributed by atoms with E-state index in [9.17, 15) is 14.9 Å². The maximum Gasteiger partial charge on any atom is 0.338 e. The van der Waals surface area contributed by atoms with Gasteiger partial charge in [0.2, 0.25) is 0 Å². The molecule has 0 N–H and O–H groups in total. The number of nitro benzene ring substituents is 1. The van der Waals surface area contributed by atoms with Crippen LogP contribution >= 0.6 is 0 Å². The SMILES string of the molecule is CCCCn1nnnc1COC(=O)c1ccc(C)c([N+](=O)[O-])c1. The zero-order chi connectivity index (χ0) is 16.8. The topological polar surface area (TPSA) is 113 Å². The number of carbonyl (C=O) groups is 1. The molecule has 0 saturated heterocycles. The van der Waals surface area contributed by atoms with E-state index in [4.69, 9.17) is 4.74 Å². The molecule has 0 fully saturated rings. The number of aryl methyl sites for hydroxylation is 2. The number of ether oxygens (including phenoxy) is 1. The molecule has 0 spiro atoms. The van der Waals surface area contributed by atoms with Gasteiger partial charge in [0, 0.05) is 18.2 Å². The first kappa shape index (κ1) is 16.5. The smallest absolute Gasteiger partial charge is 0.338 e. The lowest BCUT2D eigenvalue weighted by atomic mass is 10.1. The molecule has 0 aliphatic carbocycles. The van der Waals surface area contributed by atoms with Gasteiger partial charge in [-0.05, 0) is 29.8 Å². The number of nitrogens with zero attached hydrogens (tertiary/aromatic N) is 5. The molecule has 1 aromatic carbocycles. The van der Waals surface area contributed by atoms with Crippen LogP contribution in [-0.4, -0.2) is 31.1 Å². The number of aromatic nitrogens is 4. The van der Waals surface area contributed by atoms with Crippen LogP contribution in [-0.2, 0) is 17.9 Å². The van der Waals surface area contributed by atoms with E-state index in [1.54, 1.807) is 11.6 Å². The van der Waals surface area contributed by atoms with Crippen LogP contribution in [0.25, 0.3) is 0 Å². The summed E-state index contributed by atoms with van der Waals surface area (Å²) in [7, 11) is 0. The molecule has 23 heavy (non-hydrogen) atoms. The Kier molecular flexibility index (Phi) is 5.34. The van der Waals surface area contributed by atoms with E-state index in [0.717, 1.165) is 12.8 Å². The van der Waals surface area contributed by atoms with Gasteiger partial charge in [-0.25, -0.2) is 9.48 Å². The van der Waals surface area contributed by atoms with Gasteiger partial charge in [0.05, 0.1) is 10.5 Å². The first-order chi connectivity index (χ1) is 11.0. The Labute approximate surface area is 132 Å². The Morgan fingerprint density at radius 1 is 1.43 bits per heavy atom. The maximum absolute atomic E-state index is 12.0. The van der Waals surface area contributed by atoms with Crippen LogP contribution in [0.5, 0.6) is 0 Å². The standard InChI is InChI=1S/C14H17N5O4/c1-3-4-7-18-13(15-16-17-18)9-23-14(20)11-6-5-10(2)12(8-11)19(21)22/h5-6,8H,3-4,7,9H2,1-2H3. The minimum absolute atomic E-state index is 0.0861. The van der Waals surface area contributed by atoms with Crippen molar-refractivity contribution in [1.29, 1.82) is 0 Å². The lowest BCUT2D eigenvalue weighted by Gasteiger charge is -2.06. The molecular formula is C14H17N5O4. The fraction of sp³-hybridized carbons (Fsp3) is 0.429. The summed E-state index contributed by atoms with van der Waals surface area (Å²) in [6.45, 7) is 4.22. The highest BCUT2D eigenvalue weighted by molar-refractivity contribution is 5.90. The average molecular weight is 319 g/mol. The van der Waals surface area contributed by atoms with Crippen molar-refractivity contribution in [1.82, 2.24) is 20.2 Å². The summed E-state index contributed by atoms with van der Waals surface area (Å²) in [5.74, 6) is -0.216. The van der Waals surface area contributed by atoms with Crippen molar-refractivity contribution < 1.29 is 14.5 Å². The summed E-state index contributed by atoms with van der Waals surface area (Å²) < 4.78 is 6.72. The number of hydrogen-bond donors (Lipinski definition) is 0. The Morgan fingerprint density at radius 2 is 2.22 bits per heavy atom. The van der Waals surface area contributed by atoms with Crippen LogP contribution in [0.2, 0.25) is 0 Å². The van der Waals surface area contributed by atoms with Gasteiger partial charge in [0.15, 0.2) is 12.4 Å². The van der Waals surface area contributed by atoms with Gasteiger partial charge in [-0.1, -0.05) is 19.4 Å². The number of tetrazole rings is 1. The van der Waals surface area contributed by atoms with E-state index < -0.39 is 10.9 Å². The molecule has 0 aliphatic heterocycles. The minimum atomic E-state index is -0.654. The van der Waals surface area contributed by atoms with Crippen LogP contribution in [0.1, 0.15) is 41.5 Å². The van der Waals surface area contributed by atoms with E-state index in [0.29, 0.717) is 17.9 Å². The largest absolute Gasteiger partial charge is 0.454 e. The van der Waals surface area contributed by atoms with Crippen molar-refractivity contribution in [2.24, 2.45) is 0 Å². The molecule has 0 bridgehead atoms. The molecule has 0 atom stereocenters. The molecule has 0 aliphatic rings. The molecule has 9 heteroatoms. The normalized spacial score (nSPS) is 10.5. The fourth-order valence-corrected chi connectivity index (χ4v) is 1.95. The van der Waals surface area contributed by atoms with Gasteiger partial charge < -0.3 is 4.74 Å². The number of benzene rings is 1. The number of carbonyl (C=O) groups excluding carboxylic acids is 1. The van der Waals surface area contributed by atoms with Crippen LogP contribution in [0.3, 0.4) is 0 Å². The minimum Gasteiger partial charge on any atom is -0.454 e. The molecular weight excluding hydrogens is 302 g/mol. The molecule has 9 nitrogen and oxygen atoms in total. The fourth-order valence-electron chi connectivity index (χ4n) is 1.95. The van der Waals surface area contributed by atoms with Crippen molar-refractivity contribution in [3.05, 3.63) is 45.3 Å². The molecule has 0 amide bonds. The number of esters is 1. The van der Waals surface area contributed by atoms with Crippen LogP contribution < -0.4 is 0 Å². The molecule has 2 aromatic rings. The van der Waals surface area contributed by atoms with E-state index in [-0.39, 0.29) is 17.9 Å². The third kappa shape index (κ3) is 4.09. The van der Waals surface area contributed by atoms with Gasteiger partial charge in [-0.2, -0.15) is 0 Å². The maximum atomic E-state index is 12.0. The first-order valence-corrected chi connectivity index (χ1v) is 7.20. The number of hydrogen-bond acceptors (Lipinski definition) is 7. The van der Waals surface area contributed by atoms with E-state index in [2.05, 4.69) is 15.5 Å². The molecule has 0 radical (unpaired) electrons. The summed E-state index contributed by atoms with van der Waals surface area (Å²) >= 11 is 0. The van der Waals surface area contributed by atoms with Crippen molar-refractivity contribution in [2.45, 2.75) is 39.8 Å². The van der Waals surface area contributed by atoms with Gasteiger partial charge in [-0.3, -0.25) is 10.1 Å². The number of unbranched alkanes of at least 4 members (excludes halogenated alkanes) is 1. The quantitative estimate of drug-likeness (QED) is 0.436. The predicted octanol–water partition coefficient (Wildman–Crippen LogP) is 2.05. The zero-order valence-electron chi connectivity index (χ0n) is 12.9. The molecule has 0 unspecified atom stereocenters. The van der Waals surface area contributed by atoms with E-state index >= 15 is 0 Å². The van der Waals surface area contributed by atoms with Crippen molar-refractivity contribution in [3.63, 3.8) is 0 Å². The van der Waals surface area contributed by atoms with E-state index in [1.807, 2.05) is 6.92 Å². The Bertz CT molecular complexity index is 713. The van der Waals surface area contributed by atoms with Crippen molar-refractivity contribution in [3.8, 4) is 0 Å². The highest BCUT2D eigenvalue weighted by Crippen LogP contribution is 2.20. The Morgan fingerprint density at radius 3 is 2.91 bits per heavy atom. The first-order valence-electron chi connectivity index (χ1n) is 7.20. The van der Waals surface area contributed by atoms with Gasteiger partial charge in [0.1, 0.15) is 0 Å². The molecule has 0 saturated carbocycles. The zero-order valence-corrected chi connectivity index (χ0v) is 12.9. The highest BCUT2D eigenvalue weighted by Gasteiger charge is 2.17. The van der Waals surface area contributed by atoms with Crippen molar-refractivity contribution in [2.75, 3.05) is 0 Å². The van der Waals surface area contributed by atoms with Gasteiger partial charge >= 0.3 is 5.97 Å². The van der Waals surface area contributed by atoms with Gasteiger partial charge in [0.25, 0.3) is 5.69 Å². The number of rotatable bonds is 7. The summed E-state index contributed by atoms with van der Waals surface area (Å²) in [4.78, 5) is 22.4. The monoisotopic (exact) mass is 319 g/mol. The van der Waals surface area contributed by atoms with E-state index in [1.165, 1.54) is 18.2 Å². The van der Waals surface area contributed by atoms with Gasteiger partial charge in [-0.15, -0.1) is 5.10 Å². The third-order valence-corrected chi connectivity index (χ3v) is 3.30. The molecule has 2 rings (SSSR count). The van der Waals surface area contributed by atoms with Crippen LogP contribution in [0, 0.1) is 17.0 Å². The second kappa shape index (κ2) is 7.43.